The van der Waals surface area contributed by atoms with Gasteiger partial charge in [-0.25, -0.2) is 13.6 Å². The van der Waals surface area contributed by atoms with E-state index in [-0.39, 0.29) is 3.57 Å². The lowest BCUT2D eigenvalue weighted by Gasteiger charge is -2.11. The van der Waals surface area contributed by atoms with Crippen LogP contribution in [0.1, 0.15) is 5.56 Å². The molecule has 0 saturated carbocycles. The van der Waals surface area contributed by atoms with E-state index in [4.69, 9.17) is 0 Å². The molecule has 2 N–H and O–H groups in total. The van der Waals surface area contributed by atoms with Gasteiger partial charge in [0.15, 0.2) is 0 Å². The second-order valence-electron chi connectivity index (χ2n) is 2.68. The molecule has 8 heteroatoms. The highest BCUT2D eigenvalue weighted by molar-refractivity contribution is 14.1. The molecule has 0 aliphatic carbocycles. The zero-order chi connectivity index (χ0) is 11.9. The van der Waals surface area contributed by atoms with Gasteiger partial charge in [-0.05, 0) is 40.8 Å². The van der Waals surface area contributed by atoms with Gasteiger partial charge in [0.2, 0.25) is 10.0 Å². The first-order valence-electron chi connectivity index (χ1n) is 3.52. The molecule has 84 valence electrons. The van der Waals surface area contributed by atoms with Gasteiger partial charge in [-0.15, -0.1) is 0 Å². The number of primary sulfonamides is 1. The topological polar surface area (TPSA) is 60.2 Å². The molecule has 1 rings (SSSR count). The van der Waals surface area contributed by atoms with Crippen LogP contribution in [0.5, 0.6) is 0 Å². The van der Waals surface area contributed by atoms with Gasteiger partial charge in [0, 0.05) is 3.57 Å². The van der Waals surface area contributed by atoms with Gasteiger partial charge in [0.25, 0.3) is 0 Å². The van der Waals surface area contributed by atoms with Crippen LogP contribution in [0.2, 0.25) is 0 Å². The molecule has 0 aromatic heterocycles. The van der Waals surface area contributed by atoms with Crippen LogP contribution in [0.15, 0.2) is 23.1 Å². The molecule has 0 heterocycles. The molecule has 0 aliphatic heterocycles. The molecule has 0 aliphatic rings. The lowest BCUT2D eigenvalue weighted by atomic mass is 10.2. The fourth-order valence-corrected chi connectivity index (χ4v) is 2.20. The number of benzene rings is 1. The summed E-state index contributed by atoms with van der Waals surface area (Å²) in [6, 6.07) is 2.83. The third kappa shape index (κ3) is 3.05. The molecule has 0 unspecified atom stereocenters. The van der Waals surface area contributed by atoms with Gasteiger partial charge in [-0.1, -0.05) is 0 Å². The minimum Gasteiger partial charge on any atom is -0.225 e. The first-order valence-corrected chi connectivity index (χ1v) is 6.14. The number of halogens is 4. The maximum atomic E-state index is 12.4. The van der Waals surface area contributed by atoms with Crippen molar-refractivity contribution in [2.75, 3.05) is 0 Å². The molecule has 0 spiro atoms. The van der Waals surface area contributed by atoms with E-state index in [1.165, 1.54) is 6.07 Å². The van der Waals surface area contributed by atoms with Crippen molar-refractivity contribution in [3.63, 3.8) is 0 Å². The summed E-state index contributed by atoms with van der Waals surface area (Å²) in [5, 5.41) is 4.67. The number of hydrogen-bond donors (Lipinski definition) is 1. The van der Waals surface area contributed by atoms with Crippen molar-refractivity contribution >= 4 is 32.6 Å². The second-order valence-corrected chi connectivity index (χ2v) is 5.46. The fraction of sp³-hybridized carbons (Fsp3) is 0.143. The average Bonchev–Trinajstić information content (AvgIpc) is 2.00. The Morgan fingerprint density at radius 3 is 2.20 bits per heavy atom. The third-order valence-corrected chi connectivity index (χ3v) is 3.19. The van der Waals surface area contributed by atoms with Crippen LogP contribution in [0.4, 0.5) is 13.2 Å². The van der Waals surface area contributed by atoms with Gasteiger partial charge < -0.3 is 0 Å². The number of alkyl halides is 3. The summed E-state index contributed by atoms with van der Waals surface area (Å²) in [5.41, 5.74) is -1.24. The summed E-state index contributed by atoms with van der Waals surface area (Å²) < 4.78 is 59.4. The quantitative estimate of drug-likeness (QED) is 0.787. The molecule has 0 amide bonds. The molecule has 1 aromatic rings. The predicted octanol–water partition coefficient (Wildman–Crippen LogP) is 1.96. The smallest absolute Gasteiger partial charge is 0.225 e. The Labute approximate surface area is 97.7 Å². The van der Waals surface area contributed by atoms with Crippen molar-refractivity contribution in [2.24, 2.45) is 5.14 Å². The van der Waals surface area contributed by atoms with Crippen LogP contribution < -0.4 is 5.14 Å². The van der Waals surface area contributed by atoms with E-state index in [2.05, 4.69) is 5.14 Å². The highest BCUT2D eigenvalue weighted by atomic mass is 127. The summed E-state index contributed by atoms with van der Waals surface area (Å²) in [5.74, 6) is 0. The highest BCUT2D eigenvalue weighted by Gasteiger charge is 2.36. The first kappa shape index (κ1) is 12.7. The minimum absolute atomic E-state index is 0.285. The second kappa shape index (κ2) is 3.91. The van der Waals surface area contributed by atoms with Gasteiger partial charge in [0.05, 0.1) is 10.5 Å². The lowest BCUT2D eigenvalue weighted by molar-refractivity contribution is -0.139. The fourth-order valence-electron chi connectivity index (χ4n) is 0.972. The molecule has 0 fully saturated rings. The summed E-state index contributed by atoms with van der Waals surface area (Å²) in [7, 11) is -4.36. The van der Waals surface area contributed by atoms with Gasteiger partial charge in [0.1, 0.15) is 0 Å². The van der Waals surface area contributed by atoms with Crippen LogP contribution in [-0.2, 0) is 16.2 Å². The Morgan fingerprint density at radius 2 is 1.80 bits per heavy atom. The maximum Gasteiger partial charge on any atom is 0.417 e. The molecule has 0 saturated heterocycles. The van der Waals surface area contributed by atoms with E-state index in [9.17, 15) is 21.6 Å². The van der Waals surface area contributed by atoms with Crippen molar-refractivity contribution in [3.8, 4) is 0 Å². The zero-order valence-corrected chi connectivity index (χ0v) is 10.0. The molecule has 15 heavy (non-hydrogen) atoms. The van der Waals surface area contributed by atoms with Crippen LogP contribution in [0.3, 0.4) is 0 Å². The first-order chi connectivity index (χ1) is 6.62. The standard InChI is InChI=1S/C7H5F3INO2S/c8-7(9,10)5-3-4(11)1-2-6(5)15(12,13)14/h1-3H,(H2,12,13,14). The van der Waals surface area contributed by atoms with Crippen LogP contribution >= 0.6 is 22.6 Å². The minimum atomic E-state index is -4.73. The monoisotopic (exact) mass is 351 g/mol. The number of nitrogens with two attached hydrogens (primary N) is 1. The Bertz CT molecular complexity index is 483. The van der Waals surface area contributed by atoms with Gasteiger partial charge in [-0.3, -0.25) is 0 Å². The Morgan fingerprint density at radius 1 is 1.27 bits per heavy atom. The van der Waals surface area contributed by atoms with Crippen molar-refractivity contribution < 1.29 is 21.6 Å². The molecule has 0 atom stereocenters. The van der Waals surface area contributed by atoms with Gasteiger partial charge >= 0.3 is 6.18 Å². The Hall–Kier alpha value is -0.350. The number of sulfonamides is 1. The normalized spacial score (nSPS) is 12.9. The Balaban J connectivity index is 3.55. The van der Waals surface area contributed by atoms with E-state index >= 15 is 0 Å². The van der Waals surface area contributed by atoms with Gasteiger partial charge in [-0.2, -0.15) is 13.2 Å². The summed E-state index contributed by atoms with van der Waals surface area (Å²) >= 11 is 1.65. The van der Waals surface area contributed by atoms with E-state index in [1.807, 2.05) is 0 Å². The van der Waals surface area contributed by atoms with E-state index in [1.54, 1.807) is 22.6 Å². The maximum absolute atomic E-state index is 12.4. The van der Waals surface area contributed by atoms with Crippen molar-refractivity contribution in [3.05, 3.63) is 27.3 Å². The van der Waals surface area contributed by atoms with Crippen molar-refractivity contribution in [1.29, 1.82) is 0 Å². The van der Waals surface area contributed by atoms with Crippen molar-refractivity contribution in [1.82, 2.24) is 0 Å². The van der Waals surface area contributed by atoms with Crippen LogP contribution in [0, 0.1) is 3.57 Å². The SMILES string of the molecule is NS(=O)(=O)c1ccc(I)cc1C(F)(F)F. The van der Waals surface area contributed by atoms with E-state index in [0.29, 0.717) is 0 Å². The van der Waals surface area contributed by atoms with Crippen LogP contribution in [-0.4, -0.2) is 8.42 Å². The summed E-state index contributed by atoms with van der Waals surface area (Å²) in [6.07, 6.45) is -4.73. The summed E-state index contributed by atoms with van der Waals surface area (Å²) in [4.78, 5) is -0.907. The number of rotatable bonds is 1. The zero-order valence-electron chi connectivity index (χ0n) is 7.05. The third-order valence-electron chi connectivity index (χ3n) is 1.55. The predicted molar refractivity (Wildman–Crippen MR) is 55.5 cm³/mol. The Kier molecular flexibility index (Phi) is 3.31. The number of hydrogen-bond acceptors (Lipinski definition) is 2. The highest BCUT2D eigenvalue weighted by Crippen LogP contribution is 2.34. The van der Waals surface area contributed by atoms with E-state index < -0.39 is 26.7 Å². The molecule has 1 aromatic carbocycles. The molecular formula is C7H5F3INO2S. The van der Waals surface area contributed by atoms with Crippen molar-refractivity contribution in [2.45, 2.75) is 11.1 Å². The lowest BCUT2D eigenvalue weighted by Crippen LogP contribution is -2.19. The molecule has 3 nitrogen and oxygen atoms in total. The van der Waals surface area contributed by atoms with Crippen LogP contribution in [0.25, 0.3) is 0 Å². The molecule has 0 radical (unpaired) electrons. The molecule has 0 bridgehead atoms. The average molecular weight is 351 g/mol. The summed E-state index contributed by atoms with van der Waals surface area (Å²) in [6.45, 7) is 0. The van der Waals surface area contributed by atoms with E-state index in [0.717, 1.165) is 12.1 Å². The molecular weight excluding hydrogens is 346 g/mol. The largest absolute Gasteiger partial charge is 0.417 e.